The lowest BCUT2D eigenvalue weighted by Crippen LogP contribution is -2.38. The van der Waals surface area contributed by atoms with Crippen molar-refractivity contribution in [3.63, 3.8) is 0 Å². The minimum Gasteiger partial charge on any atom is -0.481 e. The molecule has 1 amide bonds. The van der Waals surface area contributed by atoms with E-state index in [1.54, 1.807) is 18.9 Å². The fourth-order valence-corrected chi connectivity index (χ4v) is 1.32. The number of carbonyl (C=O) groups excluding carboxylic acids is 1. The number of aliphatic carboxylic acids is 1. The molecule has 2 N–H and O–H groups in total. The van der Waals surface area contributed by atoms with Gasteiger partial charge in [0.1, 0.15) is 0 Å². The molecule has 1 unspecified atom stereocenters. The molecule has 0 bridgehead atoms. The summed E-state index contributed by atoms with van der Waals surface area (Å²) in [6, 6.07) is 0. The van der Waals surface area contributed by atoms with Crippen molar-refractivity contribution in [3.05, 3.63) is 0 Å². The van der Waals surface area contributed by atoms with Crippen LogP contribution in [-0.2, 0) is 9.59 Å². The lowest BCUT2D eigenvalue weighted by atomic mass is 10.2. The van der Waals surface area contributed by atoms with E-state index in [1.807, 2.05) is 0 Å². The van der Waals surface area contributed by atoms with Gasteiger partial charge in [-0.25, -0.2) is 0 Å². The van der Waals surface area contributed by atoms with Gasteiger partial charge in [-0.2, -0.15) is 0 Å². The number of amides is 1. The van der Waals surface area contributed by atoms with Crippen molar-refractivity contribution in [2.24, 2.45) is 5.92 Å². The summed E-state index contributed by atoms with van der Waals surface area (Å²) in [5.74, 6) is -1.33. The van der Waals surface area contributed by atoms with Gasteiger partial charge in [0.05, 0.1) is 12.5 Å². The van der Waals surface area contributed by atoms with E-state index in [0.29, 0.717) is 13.1 Å². The molecule has 0 aliphatic carbocycles. The summed E-state index contributed by atoms with van der Waals surface area (Å²) in [5.41, 5.74) is 0. The monoisotopic (exact) mass is 230 g/mol. The molecule has 1 atom stereocenters. The first kappa shape index (κ1) is 14.9. The van der Waals surface area contributed by atoms with Crippen molar-refractivity contribution in [1.29, 1.82) is 0 Å². The quantitative estimate of drug-likeness (QED) is 0.598. The first-order valence-electron chi connectivity index (χ1n) is 5.65. The van der Waals surface area contributed by atoms with Gasteiger partial charge in [0.25, 0.3) is 0 Å². The van der Waals surface area contributed by atoms with E-state index in [-0.39, 0.29) is 12.5 Å². The second-order valence-corrected chi connectivity index (χ2v) is 4.14. The number of nitrogens with zero attached hydrogens (tertiary/aromatic N) is 1. The highest BCUT2D eigenvalue weighted by Crippen LogP contribution is 1.97. The van der Waals surface area contributed by atoms with E-state index in [0.717, 1.165) is 12.8 Å². The number of unbranched alkanes of at least 4 members (excludes halogenated alkanes) is 1. The third-order valence-electron chi connectivity index (χ3n) is 2.27. The second-order valence-electron chi connectivity index (χ2n) is 4.14. The lowest BCUT2D eigenvalue weighted by molar-refractivity contribution is -0.142. The largest absolute Gasteiger partial charge is 0.481 e. The van der Waals surface area contributed by atoms with Crippen molar-refractivity contribution in [2.75, 3.05) is 26.7 Å². The average molecular weight is 230 g/mol. The van der Waals surface area contributed by atoms with Crippen molar-refractivity contribution in [2.45, 2.75) is 26.7 Å². The Morgan fingerprint density at radius 1 is 1.44 bits per heavy atom. The first-order chi connectivity index (χ1) is 7.47. The Labute approximate surface area is 96.8 Å². The summed E-state index contributed by atoms with van der Waals surface area (Å²) in [5, 5.41) is 11.5. The second kappa shape index (κ2) is 8.10. The van der Waals surface area contributed by atoms with Crippen molar-refractivity contribution < 1.29 is 14.7 Å². The lowest BCUT2D eigenvalue weighted by Gasteiger charge is -2.18. The maximum absolute atomic E-state index is 11.4. The molecule has 0 saturated heterocycles. The van der Waals surface area contributed by atoms with Gasteiger partial charge in [0.15, 0.2) is 0 Å². The highest BCUT2D eigenvalue weighted by Gasteiger charge is 2.15. The van der Waals surface area contributed by atoms with Gasteiger partial charge >= 0.3 is 5.97 Å². The number of rotatable bonds is 8. The highest BCUT2D eigenvalue weighted by molar-refractivity contribution is 5.78. The van der Waals surface area contributed by atoms with E-state index in [1.165, 1.54) is 0 Å². The van der Waals surface area contributed by atoms with Crippen LogP contribution >= 0.6 is 0 Å². The highest BCUT2D eigenvalue weighted by atomic mass is 16.4. The fraction of sp³-hybridized carbons (Fsp3) is 0.818. The van der Waals surface area contributed by atoms with E-state index >= 15 is 0 Å². The van der Waals surface area contributed by atoms with Crippen LogP contribution in [0.2, 0.25) is 0 Å². The van der Waals surface area contributed by atoms with Crippen LogP contribution in [0.15, 0.2) is 0 Å². The molecule has 0 heterocycles. The maximum atomic E-state index is 11.4. The Kier molecular flexibility index (Phi) is 7.54. The van der Waals surface area contributed by atoms with Crippen molar-refractivity contribution in [1.82, 2.24) is 10.2 Å². The summed E-state index contributed by atoms with van der Waals surface area (Å²) in [6.45, 7) is 5.02. The van der Waals surface area contributed by atoms with Gasteiger partial charge in [0, 0.05) is 13.1 Å². The third kappa shape index (κ3) is 7.23. The van der Waals surface area contributed by atoms with Crippen molar-refractivity contribution >= 4 is 11.9 Å². The molecule has 0 fully saturated rings. The molecule has 5 nitrogen and oxygen atoms in total. The normalized spacial score (nSPS) is 12.5. The number of likely N-dealkylation sites (N-methyl/N-ethyl adjacent to an activating group) is 1. The average Bonchev–Trinajstić information content (AvgIpc) is 2.17. The number of carboxylic acids is 1. The Morgan fingerprint density at radius 3 is 2.56 bits per heavy atom. The molecule has 0 aromatic carbocycles. The molecule has 0 aromatic heterocycles. The van der Waals surface area contributed by atoms with Crippen LogP contribution in [-0.4, -0.2) is 48.6 Å². The molecular formula is C11H22N2O3. The number of carbonyl (C=O) groups is 2. The van der Waals surface area contributed by atoms with Gasteiger partial charge in [-0.1, -0.05) is 20.3 Å². The zero-order valence-electron chi connectivity index (χ0n) is 10.3. The standard InChI is InChI=1S/C11H22N2O3/c1-4-5-6-12-10(14)8-13(3)7-9(2)11(15)16/h9H,4-8H2,1-3H3,(H,12,14)(H,15,16). The molecule has 5 heteroatoms. The Bertz CT molecular complexity index is 231. The van der Waals surface area contributed by atoms with E-state index < -0.39 is 11.9 Å². The zero-order chi connectivity index (χ0) is 12.6. The smallest absolute Gasteiger partial charge is 0.307 e. The van der Waals surface area contributed by atoms with E-state index in [4.69, 9.17) is 5.11 Å². The first-order valence-corrected chi connectivity index (χ1v) is 5.65. The van der Waals surface area contributed by atoms with Gasteiger partial charge in [-0.15, -0.1) is 0 Å². The molecule has 0 aliphatic rings. The van der Waals surface area contributed by atoms with Crippen LogP contribution in [0.25, 0.3) is 0 Å². The SMILES string of the molecule is CCCCNC(=O)CN(C)CC(C)C(=O)O. The van der Waals surface area contributed by atoms with Crippen LogP contribution in [0, 0.1) is 5.92 Å². The van der Waals surface area contributed by atoms with Gasteiger partial charge in [-0.05, 0) is 13.5 Å². The molecule has 0 rings (SSSR count). The van der Waals surface area contributed by atoms with Crippen LogP contribution in [0.1, 0.15) is 26.7 Å². The number of nitrogens with one attached hydrogen (secondary N) is 1. The summed E-state index contributed by atoms with van der Waals surface area (Å²) < 4.78 is 0. The Morgan fingerprint density at radius 2 is 2.06 bits per heavy atom. The number of carboxylic acid groups (broad SMARTS) is 1. The molecule has 0 spiro atoms. The minimum atomic E-state index is -0.835. The summed E-state index contributed by atoms with van der Waals surface area (Å²) in [6.07, 6.45) is 2.02. The Balaban J connectivity index is 3.73. The molecule has 16 heavy (non-hydrogen) atoms. The van der Waals surface area contributed by atoms with Gasteiger partial charge in [0.2, 0.25) is 5.91 Å². The summed E-state index contributed by atoms with van der Waals surface area (Å²) in [4.78, 5) is 23.7. The van der Waals surface area contributed by atoms with Crippen LogP contribution in [0.5, 0.6) is 0 Å². The zero-order valence-corrected chi connectivity index (χ0v) is 10.3. The topological polar surface area (TPSA) is 69.6 Å². The number of hydrogen-bond donors (Lipinski definition) is 2. The predicted molar refractivity (Wildman–Crippen MR) is 62.2 cm³/mol. The molecule has 0 saturated carbocycles. The van der Waals surface area contributed by atoms with Crippen LogP contribution in [0.4, 0.5) is 0 Å². The van der Waals surface area contributed by atoms with Gasteiger partial charge in [-0.3, -0.25) is 14.5 Å². The van der Waals surface area contributed by atoms with E-state index in [2.05, 4.69) is 12.2 Å². The van der Waals surface area contributed by atoms with Crippen LogP contribution < -0.4 is 5.32 Å². The maximum Gasteiger partial charge on any atom is 0.307 e. The summed E-state index contributed by atoms with van der Waals surface area (Å²) >= 11 is 0. The fourth-order valence-electron chi connectivity index (χ4n) is 1.32. The molecular weight excluding hydrogens is 208 g/mol. The molecule has 0 aromatic rings. The third-order valence-corrected chi connectivity index (χ3v) is 2.27. The van der Waals surface area contributed by atoms with Gasteiger partial charge < -0.3 is 10.4 Å². The molecule has 0 radical (unpaired) electrons. The Hall–Kier alpha value is -1.10. The molecule has 94 valence electrons. The van der Waals surface area contributed by atoms with Crippen LogP contribution in [0.3, 0.4) is 0 Å². The van der Waals surface area contributed by atoms with Crippen molar-refractivity contribution in [3.8, 4) is 0 Å². The molecule has 0 aliphatic heterocycles. The summed E-state index contributed by atoms with van der Waals surface area (Å²) in [7, 11) is 1.75. The minimum absolute atomic E-state index is 0.0476. The number of hydrogen-bond acceptors (Lipinski definition) is 3. The van der Waals surface area contributed by atoms with E-state index in [9.17, 15) is 9.59 Å². The predicted octanol–water partition coefficient (Wildman–Crippen LogP) is 0.555.